The van der Waals surface area contributed by atoms with E-state index in [-0.39, 0.29) is 11.9 Å². The smallest absolute Gasteiger partial charge is 0.314 e. The summed E-state index contributed by atoms with van der Waals surface area (Å²) in [5, 5.41) is 0. The summed E-state index contributed by atoms with van der Waals surface area (Å²) >= 11 is 0. The maximum atomic E-state index is 12.0. The van der Waals surface area contributed by atoms with Crippen molar-refractivity contribution in [3.63, 3.8) is 0 Å². The molecule has 1 heterocycles. The SMILES string of the molecule is Cc1ccc(-c2ccc3c(c2)C[C@@H](C(C)C)C(=O)O3)cc1. The van der Waals surface area contributed by atoms with E-state index in [0.717, 1.165) is 12.0 Å². The van der Waals surface area contributed by atoms with Gasteiger partial charge in [-0.05, 0) is 48.1 Å². The second-order valence-electron chi connectivity index (χ2n) is 6.16. The quantitative estimate of drug-likeness (QED) is 0.602. The van der Waals surface area contributed by atoms with E-state index in [0.29, 0.717) is 11.7 Å². The largest absolute Gasteiger partial charge is 0.426 e. The number of esters is 1. The van der Waals surface area contributed by atoms with Crippen molar-refractivity contribution in [1.29, 1.82) is 0 Å². The number of ether oxygens (including phenoxy) is 1. The van der Waals surface area contributed by atoms with Gasteiger partial charge in [-0.15, -0.1) is 0 Å². The third-order valence-corrected chi connectivity index (χ3v) is 4.20. The Balaban J connectivity index is 1.96. The van der Waals surface area contributed by atoms with E-state index >= 15 is 0 Å². The monoisotopic (exact) mass is 280 g/mol. The zero-order valence-electron chi connectivity index (χ0n) is 12.7. The third-order valence-electron chi connectivity index (χ3n) is 4.20. The molecule has 3 rings (SSSR count). The van der Waals surface area contributed by atoms with Gasteiger partial charge in [-0.25, -0.2) is 0 Å². The lowest BCUT2D eigenvalue weighted by molar-refractivity contribution is -0.141. The Morgan fingerprint density at radius 1 is 1.05 bits per heavy atom. The van der Waals surface area contributed by atoms with Crippen molar-refractivity contribution in [2.45, 2.75) is 27.2 Å². The van der Waals surface area contributed by atoms with Gasteiger partial charge < -0.3 is 4.74 Å². The van der Waals surface area contributed by atoms with Gasteiger partial charge in [0.1, 0.15) is 5.75 Å². The molecule has 0 aliphatic carbocycles. The summed E-state index contributed by atoms with van der Waals surface area (Å²) in [4.78, 5) is 12.0. The lowest BCUT2D eigenvalue weighted by atomic mass is 9.86. The number of carbonyl (C=O) groups is 1. The first-order chi connectivity index (χ1) is 10.0. The van der Waals surface area contributed by atoms with Gasteiger partial charge in [-0.1, -0.05) is 49.7 Å². The Labute approximate surface area is 125 Å². The van der Waals surface area contributed by atoms with Crippen LogP contribution in [0.4, 0.5) is 0 Å². The van der Waals surface area contributed by atoms with E-state index in [1.165, 1.54) is 16.7 Å². The molecule has 0 fully saturated rings. The lowest BCUT2D eigenvalue weighted by Crippen LogP contribution is -2.31. The second kappa shape index (κ2) is 5.36. The van der Waals surface area contributed by atoms with E-state index in [2.05, 4.69) is 51.1 Å². The van der Waals surface area contributed by atoms with Gasteiger partial charge in [0.05, 0.1) is 5.92 Å². The van der Waals surface area contributed by atoms with Crippen molar-refractivity contribution in [3.8, 4) is 16.9 Å². The summed E-state index contributed by atoms with van der Waals surface area (Å²) in [6.07, 6.45) is 0.769. The number of benzene rings is 2. The standard InChI is InChI=1S/C19H20O2/c1-12(2)17-11-16-10-15(8-9-18(16)21-19(17)20)14-6-4-13(3)5-7-14/h4-10,12,17H,11H2,1-3H3/t17-/m0/s1. The second-order valence-corrected chi connectivity index (χ2v) is 6.16. The number of aryl methyl sites for hydroxylation is 1. The van der Waals surface area contributed by atoms with Crippen LogP contribution in [0.2, 0.25) is 0 Å². The van der Waals surface area contributed by atoms with Gasteiger partial charge in [0.2, 0.25) is 0 Å². The summed E-state index contributed by atoms with van der Waals surface area (Å²) in [7, 11) is 0. The third kappa shape index (κ3) is 2.71. The van der Waals surface area contributed by atoms with E-state index < -0.39 is 0 Å². The van der Waals surface area contributed by atoms with Crippen molar-refractivity contribution in [2.24, 2.45) is 11.8 Å². The molecule has 0 saturated carbocycles. The fourth-order valence-electron chi connectivity index (χ4n) is 2.78. The van der Waals surface area contributed by atoms with Gasteiger partial charge in [0, 0.05) is 0 Å². The summed E-state index contributed by atoms with van der Waals surface area (Å²) < 4.78 is 5.48. The number of rotatable bonds is 2. The van der Waals surface area contributed by atoms with Gasteiger partial charge in [-0.2, -0.15) is 0 Å². The maximum Gasteiger partial charge on any atom is 0.314 e. The zero-order chi connectivity index (χ0) is 15.0. The molecule has 0 amide bonds. The van der Waals surface area contributed by atoms with Crippen LogP contribution in [0.3, 0.4) is 0 Å². The minimum atomic E-state index is -0.0967. The van der Waals surface area contributed by atoms with Gasteiger partial charge in [0.15, 0.2) is 0 Å². The predicted octanol–water partition coefficient (Wildman–Crippen LogP) is 4.40. The maximum absolute atomic E-state index is 12.0. The summed E-state index contributed by atoms with van der Waals surface area (Å²) in [6, 6.07) is 14.6. The van der Waals surface area contributed by atoms with Crippen LogP contribution in [-0.2, 0) is 11.2 Å². The summed E-state index contributed by atoms with van der Waals surface area (Å²) in [5.41, 5.74) is 4.76. The Hall–Kier alpha value is -2.09. The van der Waals surface area contributed by atoms with Crippen LogP contribution < -0.4 is 4.74 Å². The number of fused-ring (bicyclic) bond motifs is 1. The lowest BCUT2D eigenvalue weighted by Gasteiger charge is -2.26. The van der Waals surface area contributed by atoms with Crippen LogP contribution in [-0.4, -0.2) is 5.97 Å². The molecule has 0 spiro atoms. The predicted molar refractivity (Wildman–Crippen MR) is 84.3 cm³/mol. The topological polar surface area (TPSA) is 26.3 Å². The number of hydrogen-bond donors (Lipinski definition) is 0. The zero-order valence-corrected chi connectivity index (χ0v) is 12.7. The molecule has 0 bridgehead atoms. The van der Waals surface area contributed by atoms with E-state index in [1.807, 2.05) is 12.1 Å². The Morgan fingerprint density at radius 2 is 1.71 bits per heavy atom. The Kier molecular flexibility index (Phi) is 3.54. The van der Waals surface area contributed by atoms with Gasteiger partial charge in [-0.3, -0.25) is 4.79 Å². The molecule has 2 heteroatoms. The average Bonchev–Trinajstić information content (AvgIpc) is 2.46. The highest BCUT2D eigenvalue weighted by Gasteiger charge is 2.30. The molecule has 2 aromatic carbocycles. The summed E-state index contributed by atoms with van der Waals surface area (Å²) in [6.45, 7) is 6.23. The molecule has 108 valence electrons. The number of carbonyl (C=O) groups excluding carboxylic acids is 1. The van der Waals surface area contributed by atoms with Crippen molar-refractivity contribution >= 4 is 5.97 Å². The minimum Gasteiger partial charge on any atom is -0.426 e. The molecular weight excluding hydrogens is 260 g/mol. The van der Waals surface area contributed by atoms with Crippen molar-refractivity contribution in [3.05, 3.63) is 53.6 Å². The molecule has 1 atom stereocenters. The van der Waals surface area contributed by atoms with Crippen LogP contribution in [0, 0.1) is 18.8 Å². The fourth-order valence-corrected chi connectivity index (χ4v) is 2.78. The molecule has 0 radical (unpaired) electrons. The average molecular weight is 280 g/mol. The molecule has 1 aliphatic heterocycles. The van der Waals surface area contributed by atoms with Gasteiger partial charge >= 0.3 is 5.97 Å². The molecular formula is C19H20O2. The fraction of sp³-hybridized carbons (Fsp3) is 0.316. The molecule has 0 unspecified atom stereocenters. The molecule has 2 nitrogen and oxygen atoms in total. The minimum absolute atomic E-state index is 0.0363. The van der Waals surface area contributed by atoms with Crippen LogP contribution in [0.15, 0.2) is 42.5 Å². The summed E-state index contributed by atoms with van der Waals surface area (Å²) in [5.74, 6) is 0.882. The molecule has 21 heavy (non-hydrogen) atoms. The van der Waals surface area contributed by atoms with E-state index in [4.69, 9.17) is 4.74 Å². The van der Waals surface area contributed by atoms with E-state index in [9.17, 15) is 4.79 Å². The van der Waals surface area contributed by atoms with Gasteiger partial charge in [0.25, 0.3) is 0 Å². The molecule has 1 aliphatic rings. The van der Waals surface area contributed by atoms with Crippen LogP contribution in [0.1, 0.15) is 25.0 Å². The molecule has 0 aromatic heterocycles. The molecule has 2 aromatic rings. The first-order valence-electron chi connectivity index (χ1n) is 7.46. The Bertz CT molecular complexity index is 668. The highest BCUT2D eigenvalue weighted by atomic mass is 16.5. The first-order valence-corrected chi connectivity index (χ1v) is 7.46. The number of hydrogen-bond acceptors (Lipinski definition) is 2. The van der Waals surface area contributed by atoms with Crippen molar-refractivity contribution < 1.29 is 9.53 Å². The molecule has 0 N–H and O–H groups in total. The normalized spacial score (nSPS) is 17.5. The van der Waals surface area contributed by atoms with Crippen LogP contribution in [0.5, 0.6) is 5.75 Å². The van der Waals surface area contributed by atoms with E-state index in [1.54, 1.807) is 0 Å². The van der Waals surface area contributed by atoms with Crippen LogP contribution >= 0.6 is 0 Å². The Morgan fingerprint density at radius 3 is 2.38 bits per heavy atom. The highest BCUT2D eigenvalue weighted by molar-refractivity contribution is 5.79. The van der Waals surface area contributed by atoms with Crippen LogP contribution in [0.25, 0.3) is 11.1 Å². The highest BCUT2D eigenvalue weighted by Crippen LogP contribution is 2.34. The molecule has 0 saturated heterocycles. The van der Waals surface area contributed by atoms with Crippen molar-refractivity contribution in [1.82, 2.24) is 0 Å². The first kappa shape index (κ1) is 13.9. The van der Waals surface area contributed by atoms with Crippen molar-refractivity contribution in [2.75, 3.05) is 0 Å².